The van der Waals surface area contributed by atoms with Crippen molar-refractivity contribution >= 4 is 11.6 Å². The van der Waals surface area contributed by atoms with Crippen LogP contribution in [0.3, 0.4) is 0 Å². The van der Waals surface area contributed by atoms with Gasteiger partial charge < -0.3 is 14.8 Å². The average molecular weight is 446 g/mol. The van der Waals surface area contributed by atoms with Crippen molar-refractivity contribution < 1.29 is 18.7 Å². The number of carbonyl (C=O) groups is 1. The molecule has 0 spiro atoms. The molecule has 1 aromatic heterocycles. The Kier molecular flexibility index (Phi) is 6.75. The van der Waals surface area contributed by atoms with Crippen molar-refractivity contribution in [3.63, 3.8) is 0 Å². The molecule has 8 heteroatoms. The third-order valence-corrected chi connectivity index (χ3v) is 4.90. The SMILES string of the molecule is COCCOc1nc(-c2ccccc2F)n(-c2ccc(NC(=O)c3ccc(C)cc3)cc2)n1. The van der Waals surface area contributed by atoms with E-state index in [1.54, 1.807) is 61.7 Å². The quantitative estimate of drug-likeness (QED) is 0.398. The smallest absolute Gasteiger partial charge is 0.336 e. The summed E-state index contributed by atoms with van der Waals surface area (Å²) in [7, 11) is 1.57. The van der Waals surface area contributed by atoms with Gasteiger partial charge in [-0.2, -0.15) is 4.98 Å². The van der Waals surface area contributed by atoms with E-state index in [-0.39, 0.29) is 18.5 Å². The van der Waals surface area contributed by atoms with Crippen LogP contribution in [0, 0.1) is 12.7 Å². The molecule has 7 nitrogen and oxygen atoms in total. The van der Waals surface area contributed by atoms with Gasteiger partial charge in [-0.3, -0.25) is 4.79 Å². The second-order valence-corrected chi connectivity index (χ2v) is 7.32. The number of ether oxygens (including phenoxy) is 2. The minimum atomic E-state index is -0.420. The Morgan fingerprint density at radius 3 is 2.42 bits per heavy atom. The maximum atomic E-state index is 14.5. The van der Waals surface area contributed by atoms with Crippen molar-refractivity contribution in [2.24, 2.45) is 0 Å². The summed E-state index contributed by atoms with van der Waals surface area (Å²) in [4.78, 5) is 16.8. The average Bonchev–Trinajstić information content (AvgIpc) is 3.24. The molecule has 0 bridgehead atoms. The van der Waals surface area contributed by atoms with E-state index in [1.807, 2.05) is 19.1 Å². The van der Waals surface area contributed by atoms with Crippen LogP contribution in [0.25, 0.3) is 17.1 Å². The molecule has 0 fully saturated rings. The molecular weight excluding hydrogens is 423 g/mol. The lowest BCUT2D eigenvalue weighted by molar-refractivity contribution is 0.102. The summed E-state index contributed by atoms with van der Waals surface area (Å²) in [6.45, 7) is 2.61. The number of halogens is 1. The Bertz CT molecular complexity index is 1240. The molecule has 1 amide bonds. The van der Waals surface area contributed by atoms with Gasteiger partial charge in [0.15, 0.2) is 5.82 Å². The van der Waals surface area contributed by atoms with Crippen LogP contribution in [-0.2, 0) is 4.74 Å². The summed E-state index contributed by atoms with van der Waals surface area (Å²) in [6, 6.07) is 20.8. The van der Waals surface area contributed by atoms with Gasteiger partial charge in [-0.1, -0.05) is 29.8 Å². The minimum absolute atomic E-state index is 0.113. The predicted molar refractivity (Wildman–Crippen MR) is 123 cm³/mol. The lowest BCUT2D eigenvalue weighted by Gasteiger charge is -2.09. The van der Waals surface area contributed by atoms with E-state index in [1.165, 1.54) is 10.7 Å². The van der Waals surface area contributed by atoms with Gasteiger partial charge in [-0.25, -0.2) is 9.07 Å². The van der Waals surface area contributed by atoms with Crippen LogP contribution < -0.4 is 10.1 Å². The van der Waals surface area contributed by atoms with Crippen molar-refractivity contribution in [2.75, 3.05) is 25.6 Å². The van der Waals surface area contributed by atoms with Crippen LogP contribution in [-0.4, -0.2) is 41.0 Å². The van der Waals surface area contributed by atoms with Gasteiger partial charge in [0.1, 0.15) is 12.4 Å². The van der Waals surface area contributed by atoms with E-state index in [2.05, 4.69) is 15.4 Å². The van der Waals surface area contributed by atoms with Crippen molar-refractivity contribution in [1.29, 1.82) is 0 Å². The van der Waals surface area contributed by atoms with E-state index >= 15 is 0 Å². The number of nitrogens with zero attached hydrogens (tertiary/aromatic N) is 3. The Morgan fingerprint density at radius 1 is 1.00 bits per heavy atom. The number of aryl methyl sites for hydroxylation is 1. The van der Waals surface area contributed by atoms with Gasteiger partial charge in [0.05, 0.1) is 17.9 Å². The molecule has 0 atom stereocenters. The first-order valence-electron chi connectivity index (χ1n) is 10.4. The number of amides is 1. The first kappa shape index (κ1) is 22.2. The molecule has 0 radical (unpaired) electrons. The van der Waals surface area contributed by atoms with E-state index in [0.29, 0.717) is 34.9 Å². The molecule has 0 saturated carbocycles. The summed E-state index contributed by atoms with van der Waals surface area (Å²) in [5.41, 5.74) is 3.20. The zero-order chi connectivity index (χ0) is 23.2. The van der Waals surface area contributed by atoms with Crippen LogP contribution in [0.15, 0.2) is 72.8 Å². The minimum Gasteiger partial charge on any atom is -0.460 e. The van der Waals surface area contributed by atoms with E-state index in [9.17, 15) is 9.18 Å². The molecule has 3 aromatic carbocycles. The standard InChI is InChI=1S/C25H23FN4O3/c1-17-7-9-18(10-8-17)24(31)27-19-11-13-20(14-12-19)30-23(21-5-3-4-6-22(21)26)28-25(29-30)33-16-15-32-2/h3-14H,15-16H2,1-2H3,(H,27,31). The van der Waals surface area contributed by atoms with Gasteiger partial charge in [-0.05, 0) is 55.5 Å². The zero-order valence-corrected chi connectivity index (χ0v) is 18.3. The van der Waals surface area contributed by atoms with Gasteiger partial charge in [-0.15, -0.1) is 5.10 Å². The Labute approximate surface area is 190 Å². The van der Waals surface area contributed by atoms with E-state index < -0.39 is 5.82 Å². The highest BCUT2D eigenvalue weighted by Gasteiger charge is 2.18. The number of hydrogen-bond acceptors (Lipinski definition) is 5. The van der Waals surface area contributed by atoms with Crippen LogP contribution >= 0.6 is 0 Å². The van der Waals surface area contributed by atoms with Crippen molar-refractivity contribution in [3.8, 4) is 23.1 Å². The molecule has 0 aliphatic rings. The first-order valence-corrected chi connectivity index (χ1v) is 10.4. The normalized spacial score (nSPS) is 10.8. The summed E-state index contributed by atoms with van der Waals surface area (Å²) < 4.78 is 26.5. The first-order chi connectivity index (χ1) is 16.0. The highest BCUT2D eigenvalue weighted by Crippen LogP contribution is 2.26. The van der Waals surface area contributed by atoms with Crippen molar-refractivity contribution in [2.45, 2.75) is 6.92 Å². The molecular formula is C25H23FN4O3. The Morgan fingerprint density at radius 2 is 1.73 bits per heavy atom. The molecule has 4 aromatic rings. The Hall–Kier alpha value is -4.04. The van der Waals surface area contributed by atoms with Crippen molar-refractivity contribution in [1.82, 2.24) is 14.8 Å². The number of hydrogen-bond donors (Lipinski definition) is 1. The molecule has 1 heterocycles. The summed E-state index contributed by atoms with van der Waals surface area (Å²) in [5.74, 6) is -0.321. The molecule has 0 saturated heterocycles. The molecule has 4 rings (SSSR count). The maximum Gasteiger partial charge on any atom is 0.336 e. The number of rotatable bonds is 8. The predicted octanol–water partition coefficient (Wildman–Crippen LogP) is 4.66. The van der Waals surface area contributed by atoms with Crippen LogP contribution in [0.1, 0.15) is 15.9 Å². The van der Waals surface area contributed by atoms with Crippen LogP contribution in [0.5, 0.6) is 6.01 Å². The van der Waals surface area contributed by atoms with Gasteiger partial charge in [0.2, 0.25) is 0 Å². The second kappa shape index (κ2) is 10.1. The summed E-state index contributed by atoms with van der Waals surface area (Å²) >= 11 is 0. The third-order valence-electron chi connectivity index (χ3n) is 4.90. The van der Waals surface area contributed by atoms with Gasteiger partial charge in [0.25, 0.3) is 5.91 Å². The molecule has 33 heavy (non-hydrogen) atoms. The summed E-state index contributed by atoms with van der Waals surface area (Å²) in [5, 5.41) is 7.26. The lowest BCUT2D eigenvalue weighted by atomic mass is 10.1. The second-order valence-electron chi connectivity index (χ2n) is 7.32. The topological polar surface area (TPSA) is 78.3 Å². The maximum absolute atomic E-state index is 14.5. The fourth-order valence-electron chi connectivity index (χ4n) is 3.16. The fourth-order valence-corrected chi connectivity index (χ4v) is 3.16. The largest absolute Gasteiger partial charge is 0.460 e. The van der Waals surface area contributed by atoms with Gasteiger partial charge >= 0.3 is 6.01 Å². The number of benzene rings is 3. The number of anilines is 1. The highest BCUT2D eigenvalue weighted by molar-refractivity contribution is 6.04. The van der Waals surface area contributed by atoms with Crippen molar-refractivity contribution in [3.05, 3.63) is 89.7 Å². The van der Waals surface area contributed by atoms with Crippen LogP contribution in [0.4, 0.5) is 10.1 Å². The third kappa shape index (κ3) is 5.24. The lowest BCUT2D eigenvalue weighted by Crippen LogP contribution is -2.11. The highest BCUT2D eigenvalue weighted by atomic mass is 19.1. The van der Waals surface area contributed by atoms with E-state index in [0.717, 1.165) is 5.56 Å². The molecule has 1 N–H and O–H groups in total. The number of methoxy groups -OCH3 is 1. The van der Waals surface area contributed by atoms with E-state index in [4.69, 9.17) is 9.47 Å². The van der Waals surface area contributed by atoms with Crippen LogP contribution in [0.2, 0.25) is 0 Å². The monoisotopic (exact) mass is 446 g/mol. The number of aromatic nitrogens is 3. The number of nitrogens with one attached hydrogen (secondary N) is 1. The Balaban J connectivity index is 1.60. The molecule has 0 aliphatic carbocycles. The molecule has 0 aliphatic heterocycles. The zero-order valence-electron chi connectivity index (χ0n) is 18.3. The molecule has 0 unspecified atom stereocenters. The molecule has 168 valence electrons. The number of carbonyl (C=O) groups excluding carboxylic acids is 1. The fraction of sp³-hybridized carbons (Fsp3) is 0.160. The van der Waals surface area contributed by atoms with Gasteiger partial charge in [0, 0.05) is 18.4 Å². The summed E-state index contributed by atoms with van der Waals surface area (Å²) in [6.07, 6.45) is 0.